The fraction of sp³-hybridized carbons (Fsp3) is 0.200. The van der Waals surface area contributed by atoms with E-state index < -0.39 is 18.0 Å². The summed E-state index contributed by atoms with van der Waals surface area (Å²) >= 11 is 0. The lowest BCUT2D eigenvalue weighted by atomic mass is 9.99. The van der Waals surface area contributed by atoms with Crippen molar-refractivity contribution in [1.29, 1.82) is 0 Å². The first-order chi connectivity index (χ1) is 13.1. The van der Waals surface area contributed by atoms with Gasteiger partial charge in [-0.3, -0.25) is 9.59 Å². The Balaban J connectivity index is 1.82. The first kappa shape index (κ1) is 19.5. The second-order valence-corrected chi connectivity index (χ2v) is 6.53. The molecule has 28 heavy (non-hydrogen) atoms. The van der Waals surface area contributed by atoms with E-state index in [-0.39, 0.29) is 17.0 Å². The number of aromatic nitrogens is 1. The van der Waals surface area contributed by atoms with E-state index in [1.807, 2.05) is 13.8 Å². The van der Waals surface area contributed by atoms with Crippen LogP contribution in [0.25, 0.3) is 10.9 Å². The number of aromatic amines is 1. The van der Waals surface area contributed by atoms with Gasteiger partial charge in [-0.25, -0.2) is 0 Å². The van der Waals surface area contributed by atoms with E-state index in [4.69, 9.17) is 0 Å². The third-order valence-electron chi connectivity index (χ3n) is 4.10. The number of nitrogens with one attached hydrogen (secondary N) is 2. The van der Waals surface area contributed by atoms with E-state index >= 15 is 0 Å². The zero-order valence-corrected chi connectivity index (χ0v) is 15.1. The van der Waals surface area contributed by atoms with Crippen molar-refractivity contribution in [3.63, 3.8) is 0 Å². The minimum absolute atomic E-state index is 0.155. The molecule has 0 saturated carbocycles. The number of H-pyrrole nitrogens is 1. The van der Waals surface area contributed by atoms with E-state index in [1.54, 1.807) is 24.3 Å². The van der Waals surface area contributed by atoms with Crippen LogP contribution in [0.4, 0.5) is 18.9 Å². The molecule has 8 heteroatoms. The molecule has 0 unspecified atom stereocenters. The molecular formula is C20H17F3N2O3. The van der Waals surface area contributed by atoms with Crippen LogP contribution in [0.15, 0.2) is 53.3 Å². The number of hydrogen-bond acceptors (Lipinski definition) is 3. The lowest BCUT2D eigenvalue weighted by molar-refractivity contribution is -0.274. The van der Waals surface area contributed by atoms with Crippen LogP contribution in [-0.2, 0) is 0 Å². The third kappa shape index (κ3) is 4.51. The minimum Gasteiger partial charge on any atom is -0.406 e. The van der Waals surface area contributed by atoms with Crippen molar-refractivity contribution in [3.05, 3.63) is 70.0 Å². The molecule has 1 amide bonds. The van der Waals surface area contributed by atoms with Crippen molar-refractivity contribution < 1.29 is 22.7 Å². The largest absolute Gasteiger partial charge is 0.573 e. The fourth-order valence-corrected chi connectivity index (χ4v) is 2.85. The van der Waals surface area contributed by atoms with E-state index in [9.17, 15) is 22.8 Å². The Morgan fingerprint density at radius 3 is 2.36 bits per heavy atom. The van der Waals surface area contributed by atoms with E-state index in [0.29, 0.717) is 11.2 Å². The highest BCUT2D eigenvalue weighted by Crippen LogP contribution is 2.26. The molecule has 0 aliphatic rings. The molecule has 3 rings (SSSR count). The highest BCUT2D eigenvalue weighted by molar-refractivity contribution is 6.05. The number of pyridine rings is 1. The Morgan fingerprint density at radius 2 is 1.75 bits per heavy atom. The van der Waals surface area contributed by atoms with Gasteiger partial charge in [-0.1, -0.05) is 19.9 Å². The Morgan fingerprint density at radius 1 is 1.07 bits per heavy atom. The predicted molar refractivity (Wildman–Crippen MR) is 99.7 cm³/mol. The van der Waals surface area contributed by atoms with Crippen LogP contribution in [0.2, 0.25) is 0 Å². The number of halogens is 3. The standard InChI is InChI=1S/C20H17F3N2O3/c1-11(2)16-10-18(26)25-17-9-13(5-8-15(16)17)24-19(27)12-3-6-14(7-4-12)28-20(21,22)23/h3-11H,1-2H3,(H,24,27)(H,25,26). The van der Waals surface area contributed by atoms with Crippen LogP contribution in [0, 0.1) is 0 Å². The summed E-state index contributed by atoms with van der Waals surface area (Å²) in [5, 5.41) is 3.54. The number of ether oxygens (including phenoxy) is 1. The Bertz CT molecular complexity index is 1070. The summed E-state index contributed by atoms with van der Waals surface area (Å²) in [6.45, 7) is 3.96. The van der Waals surface area contributed by atoms with Crippen molar-refractivity contribution in [1.82, 2.24) is 4.98 Å². The Labute approximate surface area is 158 Å². The molecule has 0 radical (unpaired) electrons. The summed E-state index contributed by atoms with van der Waals surface area (Å²) in [5.41, 5.74) is 1.86. The first-order valence-electron chi connectivity index (χ1n) is 8.46. The lowest BCUT2D eigenvalue weighted by Crippen LogP contribution is -2.17. The normalized spacial score (nSPS) is 11.6. The lowest BCUT2D eigenvalue weighted by Gasteiger charge is -2.12. The van der Waals surface area contributed by atoms with Crippen molar-refractivity contribution >= 4 is 22.5 Å². The number of amides is 1. The van der Waals surface area contributed by atoms with Crippen LogP contribution < -0.4 is 15.6 Å². The van der Waals surface area contributed by atoms with Crippen molar-refractivity contribution in [2.75, 3.05) is 5.32 Å². The topological polar surface area (TPSA) is 71.2 Å². The van der Waals surface area contributed by atoms with Crippen molar-refractivity contribution in [2.24, 2.45) is 0 Å². The van der Waals surface area contributed by atoms with Crippen molar-refractivity contribution in [2.45, 2.75) is 26.1 Å². The number of benzene rings is 2. The van der Waals surface area contributed by atoms with Crippen LogP contribution in [0.1, 0.15) is 35.7 Å². The Kier molecular flexibility index (Phi) is 5.13. The number of hydrogen-bond donors (Lipinski definition) is 2. The number of fused-ring (bicyclic) bond motifs is 1. The third-order valence-corrected chi connectivity index (χ3v) is 4.10. The summed E-state index contributed by atoms with van der Waals surface area (Å²) in [5.74, 6) is -0.753. The highest BCUT2D eigenvalue weighted by Gasteiger charge is 2.31. The molecule has 2 aromatic carbocycles. The maximum absolute atomic E-state index is 12.3. The number of carbonyl (C=O) groups excluding carboxylic acids is 1. The molecular weight excluding hydrogens is 373 g/mol. The average Bonchev–Trinajstić information content (AvgIpc) is 2.59. The number of carbonyl (C=O) groups is 1. The molecule has 2 N–H and O–H groups in total. The molecule has 146 valence electrons. The molecule has 1 aromatic heterocycles. The maximum Gasteiger partial charge on any atom is 0.573 e. The van der Waals surface area contributed by atoms with Gasteiger partial charge in [0.05, 0.1) is 5.52 Å². The molecule has 0 aliphatic heterocycles. The molecule has 0 atom stereocenters. The van der Waals surface area contributed by atoms with Gasteiger partial charge in [-0.2, -0.15) is 0 Å². The molecule has 0 fully saturated rings. The number of alkyl halides is 3. The summed E-state index contributed by atoms with van der Waals surface area (Å²) in [4.78, 5) is 26.9. The smallest absolute Gasteiger partial charge is 0.406 e. The summed E-state index contributed by atoms with van der Waals surface area (Å²) < 4.78 is 40.4. The van der Waals surface area contributed by atoms with Gasteiger partial charge in [0, 0.05) is 22.7 Å². The van der Waals surface area contributed by atoms with Crippen molar-refractivity contribution in [3.8, 4) is 5.75 Å². The first-order valence-corrected chi connectivity index (χ1v) is 8.46. The van der Waals surface area contributed by atoms with Crippen LogP contribution >= 0.6 is 0 Å². The predicted octanol–water partition coefficient (Wildman–Crippen LogP) is 4.80. The molecule has 5 nitrogen and oxygen atoms in total. The summed E-state index contributed by atoms with van der Waals surface area (Å²) in [6, 6.07) is 11.3. The Hall–Kier alpha value is -3.29. The molecule has 0 bridgehead atoms. The second-order valence-electron chi connectivity index (χ2n) is 6.53. The van der Waals surface area contributed by atoms with Gasteiger partial charge < -0.3 is 15.0 Å². The van der Waals surface area contributed by atoms with Gasteiger partial charge in [-0.05, 0) is 47.9 Å². The van der Waals surface area contributed by atoms with E-state index in [2.05, 4.69) is 15.0 Å². The van der Waals surface area contributed by atoms with Gasteiger partial charge in [-0.15, -0.1) is 13.2 Å². The van der Waals surface area contributed by atoms with Gasteiger partial charge >= 0.3 is 6.36 Å². The highest BCUT2D eigenvalue weighted by atomic mass is 19.4. The average molecular weight is 390 g/mol. The summed E-state index contributed by atoms with van der Waals surface area (Å²) in [6.07, 6.45) is -4.79. The molecule has 0 saturated heterocycles. The summed E-state index contributed by atoms with van der Waals surface area (Å²) in [7, 11) is 0. The molecule has 0 aliphatic carbocycles. The monoisotopic (exact) mass is 390 g/mol. The van der Waals surface area contributed by atoms with E-state index in [1.165, 1.54) is 12.1 Å². The molecule has 3 aromatic rings. The van der Waals surface area contributed by atoms with Crippen LogP contribution in [0.3, 0.4) is 0 Å². The fourth-order valence-electron chi connectivity index (χ4n) is 2.85. The SMILES string of the molecule is CC(C)c1cc(=O)[nH]c2cc(NC(=O)c3ccc(OC(F)(F)F)cc3)ccc12. The van der Waals surface area contributed by atoms with Crippen LogP contribution in [0.5, 0.6) is 5.75 Å². The quantitative estimate of drug-likeness (QED) is 0.672. The van der Waals surface area contributed by atoms with Gasteiger partial charge in [0.15, 0.2) is 0 Å². The van der Waals surface area contributed by atoms with E-state index in [0.717, 1.165) is 23.1 Å². The van der Waals surface area contributed by atoms with Gasteiger partial charge in [0.1, 0.15) is 5.75 Å². The number of rotatable bonds is 4. The zero-order valence-electron chi connectivity index (χ0n) is 15.1. The van der Waals surface area contributed by atoms with Gasteiger partial charge in [0.25, 0.3) is 5.91 Å². The zero-order chi connectivity index (χ0) is 20.5. The second kappa shape index (κ2) is 7.38. The minimum atomic E-state index is -4.79. The molecule has 1 heterocycles. The molecule has 0 spiro atoms. The maximum atomic E-state index is 12.3. The van der Waals surface area contributed by atoms with Crippen LogP contribution in [-0.4, -0.2) is 17.3 Å². The van der Waals surface area contributed by atoms with Gasteiger partial charge in [0.2, 0.25) is 5.56 Å². The number of anilines is 1.